The quantitative estimate of drug-likeness (QED) is 0.822. The molecule has 4 heteroatoms. The molecule has 1 aromatic carbocycles. The molecule has 0 saturated carbocycles. The van der Waals surface area contributed by atoms with E-state index < -0.39 is 0 Å². The zero-order valence-electron chi connectivity index (χ0n) is 7.74. The van der Waals surface area contributed by atoms with Gasteiger partial charge in [0.15, 0.2) is 0 Å². The van der Waals surface area contributed by atoms with Crippen molar-refractivity contribution in [1.82, 2.24) is 4.98 Å². The van der Waals surface area contributed by atoms with Gasteiger partial charge in [0.25, 0.3) is 0 Å². The molecule has 0 bridgehead atoms. The van der Waals surface area contributed by atoms with Gasteiger partial charge in [-0.05, 0) is 46.4 Å². The average molecular weight is 314 g/mol. The molecule has 15 heavy (non-hydrogen) atoms. The maximum Gasteiger partial charge on any atom is 0.136 e. The Morgan fingerprint density at radius 3 is 2.67 bits per heavy atom. The molecule has 1 aromatic heterocycles. The van der Waals surface area contributed by atoms with Crippen LogP contribution in [-0.2, 0) is 0 Å². The van der Waals surface area contributed by atoms with Crippen LogP contribution in [0.1, 0.15) is 0 Å². The number of halogens is 2. The third-order valence-corrected chi connectivity index (χ3v) is 2.89. The predicted molar refractivity (Wildman–Crippen MR) is 66.8 cm³/mol. The van der Waals surface area contributed by atoms with E-state index in [-0.39, 0.29) is 5.82 Å². The molecule has 0 aliphatic carbocycles. The van der Waals surface area contributed by atoms with Crippen molar-refractivity contribution < 1.29 is 4.39 Å². The van der Waals surface area contributed by atoms with E-state index in [1.165, 1.54) is 12.1 Å². The molecule has 0 amide bonds. The highest BCUT2D eigenvalue weighted by Gasteiger charge is 2.02. The summed E-state index contributed by atoms with van der Waals surface area (Å²) in [7, 11) is 0. The van der Waals surface area contributed by atoms with Crippen LogP contribution in [0.2, 0.25) is 0 Å². The minimum absolute atomic E-state index is 0.251. The Hall–Kier alpha value is -1.17. The van der Waals surface area contributed by atoms with E-state index in [9.17, 15) is 4.39 Å². The first-order chi connectivity index (χ1) is 7.16. The zero-order valence-corrected chi connectivity index (χ0v) is 9.90. The topological polar surface area (TPSA) is 38.9 Å². The number of nitrogen functional groups attached to an aromatic ring is 1. The molecule has 1 heterocycles. The third kappa shape index (κ3) is 2.26. The van der Waals surface area contributed by atoms with Crippen LogP contribution >= 0.6 is 22.6 Å². The second-order valence-corrected chi connectivity index (χ2v) is 4.26. The van der Waals surface area contributed by atoms with Gasteiger partial charge in [-0.15, -0.1) is 0 Å². The number of hydrogen-bond donors (Lipinski definition) is 1. The van der Waals surface area contributed by atoms with Gasteiger partial charge in [0.05, 0.1) is 3.57 Å². The molecule has 0 fully saturated rings. The molecule has 0 spiro atoms. The van der Waals surface area contributed by atoms with Crippen molar-refractivity contribution in [3.8, 4) is 11.1 Å². The molecule has 76 valence electrons. The summed E-state index contributed by atoms with van der Waals surface area (Å²) in [6.07, 6.45) is 1.65. The van der Waals surface area contributed by atoms with Crippen molar-refractivity contribution in [3.05, 3.63) is 45.9 Å². The Morgan fingerprint density at radius 1 is 1.20 bits per heavy atom. The first-order valence-electron chi connectivity index (χ1n) is 4.34. The van der Waals surface area contributed by atoms with Crippen molar-refractivity contribution >= 4 is 28.4 Å². The van der Waals surface area contributed by atoms with E-state index in [0.717, 1.165) is 14.7 Å². The second kappa shape index (κ2) is 4.14. The Bertz CT molecular complexity index is 500. The van der Waals surface area contributed by atoms with Crippen molar-refractivity contribution in [3.63, 3.8) is 0 Å². The SMILES string of the molecule is Nc1ncc(-c2cccc(F)c2)cc1I. The molecule has 0 aliphatic heterocycles. The number of rotatable bonds is 1. The summed E-state index contributed by atoms with van der Waals surface area (Å²) in [4.78, 5) is 4.03. The van der Waals surface area contributed by atoms with E-state index in [0.29, 0.717) is 5.82 Å². The summed E-state index contributed by atoms with van der Waals surface area (Å²) in [6.45, 7) is 0. The first-order valence-corrected chi connectivity index (χ1v) is 5.41. The second-order valence-electron chi connectivity index (χ2n) is 3.10. The Labute approximate surface area is 100 Å². The molecule has 0 aliphatic rings. The fourth-order valence-electron chi connectivity index (χ4n) is 1.27. The van der Waals surface area contributed by atoms with Gasteiger partial charge in [0, 0.05) is 11.8 Å². The summed E-state index contributed by atoms with van der Waals surface area (Å²) in [5, 5.41) is 0. The largest absolute Gasteiger partial charge is 0.383 e. The van der Waals surface area contributed by atoms with Gasteiger partial charge in [-0.3, -0.25) is 0 Å². The molecule has 0 atom stereocenters. The number of anilines is 1. The Kier molecular flexibility index (Phi) is 2.86. The van der Waals surface area contributed by atoms with Crippen LogP contribution in [0.25, 0.3) is 11.1 Å². The van der Waals surface area contributed by atoms with Gasteiger partial charge in [-0.1, -0.05) is 12.1 Å². The van der Waals surface area contributed by atoms with E-state index >= 15 is 0 Å². The summed E-state index contributed by atoms with van der Waals surface area (Å²) >= 11 is 2.10. The van der Waals surface area contributed by atoms with E-state index in [1.54, 1.807) is 12.3 Å². The van der Waals surface area contributed by atoms with Gasteiger partial charge in [-0.2, -0.15) is 0 Å². The summed E-state index contributed by atoms with van der Waals surface area (Å²) < 4.78 is 13.9. The molecule has 0 unspecified atom stereocenters. The fourth-order valence-corrected chi connectivity index (χ4v) is 1.75. The van der Waals surface area contributed by atoms with Gasteiger partial charge in [-0.25, -0.2) is 9.37 Å². The highest BCUT2D eigenvalue weighted by atomic mass is 127. The number of aromatic nitrogens is 1. The first kappa shape index (κ1) is 10.4. The van der Waals surface area contributed by atoms with Crippen LogP contribution in [-0.4, -0.2) is 4.98 Å². The summed E-state index contributed by atoms with van der Waals surface area (Å²) in [5.74, 6) is 0.245. The lowest BCUT2D eigenvalue weighted by Crippen LogP contribution is -1.93. The Balaban J connectivity index is 2.50. The van der Waals surface area contributed by atoms with E-state index in [4.69, 9.17) is 5.73 Å². The molecule has 0 radical (unpaired) electrons. The van der Waals surface area contributed by atoms with Crippen molar-refractivity contribution in [1.29, 1.82) is 0 Å². The maximum absolute atomic E-state index is 13.0. The highest BCUT2D eigenvalue weighted by Crippen LogP contribution is 2.23. The number of pyridine rings is 1. The van der Waals surface area contributed by atoms with Gasteiger partial charge in [0.2, 0.25) is 0 Å². The van der Waals surface area contributed by atoms with Gasteiger partial charge < -0.3 is 5.73 Å². The number of benzene rings is 1. The predicted octanol–water partition coefficient (Wildman–Crippen LogP) is 3.07. The lowest BCUT2D eigenvalue weighted by atomic mass is 10.1. The van der Waals surface area contributed by atoms with Crippen LogP contribution in [0.5, 0.6) is 0 Å². The highest BCUT2D eigenvalue weighted by molar-refractivity contribution is 14.1. The Morgan fingerprint density at radius 2 is 2.00 bits per heavy atom. The summed E-state index contributed by atoms with van der Waals surface area (Å²) in [6, 6.07) is 8.29. The van der Waals surface area contributed by atoms with Crippen molar-refractivity contribution in [2.45, 2.75) is 0 Å². The van der Waals surface area contributed by atoms with Crippen LogP contribution in [0.15, 0.2) is 36.5 Å². The molecule has 2 nitrogen and oxygen atoms in total. The lowest BCUT2D eigenvalue weighted by molar-refractivity contribution is 0.628. The number of nitrogens with zero attached hydrogens (tertiary/aromatic N) is 1. The van der Waals surface area contributed by atoms with Crippen LogP contribution < -0.4 is 5.73 Å². The molecule has 0 saturated heterocycles. The standard InChI is InChI=1S/C11H8FIN2/c12-9-3-1-2-7(4-9)8-5-10(13)11(14)15-6-8/h1-6H,(H2,14,15). The molecule has 2 rings (SSSR count). The van der Waals surface area contributed by atoms with Gasteiger partial charge >= 0.3 is 0 Å². The number of hydrogen-bond acceptors (Lipinski definition) is 2. The minimum atomic E-state index is -0.251. The van der Waals surface area contributed by atoms with Crippen LogP contribution in [0.4, 0.5) is 10.2 Å². The molecular formula is C11H8FIN2. The molecule has 2 N–H and O–H groups in total. The van der Waals surface area contributed by atoms with Crippen molar-refractivity contribution in [2.24, 2.45) is 0 Å². The van der Waals surface area contributed by atoms with E-state index in [1.807, 2.05) is 12.1 Å². The van der Waals surface area contributed by atoms with Crippen LogP contribution in [0, 0.1) is 9.39 Å². The molecule has 2 aromatic rings. The minimum Gasteiger partial charge on any atom is -0.383 e. The maximum atomic E-state index is 13.0. The lowest BCUT2D eigenvalue weighted by Gasteiger charge is -2.03. The van der Waals surface area contributed by atoms with Gasteiger partial charge in [0.1, 0.15) is 11.6 Å². The van der Waals surface area contributed by atoms with E-state index in [2.05, 4.69) is 27.6 Å². The smallest absolute Gasteiger partial charge is 0.136 e. The molecular weight excluding hydrogens is 306 g/mol. The monoisotopic (exact) mass is 314 g/mol. The average Bonchev–Trinajstić information content (AvgIpc) is 2.22. The van der Waals surface area contributed by atoms with Crippen LogP contribution in [0.3, 0.4) is 0 Å². The zero-order chi connectivity index (χ0) is 10.8. The normalized spacial score (nSPS) is 10.3. The third-order valence-electron chi connectivity index (χ3n) is 2.03. The summed E-state index contributed by atoms with van der Waals surface area (Å²) in [5.41, 5.74) is 7.28. The van der Waals surface area contributed by atoms with Crippen molar-refractivity contribution in [2.75, 3.05) is 5.73 Å². The fraction of sp³-hybridized carbons (Fsp3) is 0. The number of nitrogens with two attached hydrogens (primary N) is 1.